The molecule has 3 N–H and O–H groups in total. The van der Waals surface area contributed by atoms with E-state index in [4.69, 9.17) is 5.73 Å². The van der Waals surface area contributed by atoms with E-state index in [0.717, 1.165) is 19.5 Å². The lowest BCUT2D eigenvalue weighted by molar-refractivity contribution is 0.576. The van der Waals surface area contributed by atoms with E-state index < -0.39 is 0 Å². The van der Waals surface area contributed by atoms with E-state index in [1.807, 2.05) is 0 Å². The molecule has 0 rings (SSSR count). The van der Waals surface area contributed by atoms with Crippen LogP contribution in [0.2, 0.25) is 0 Å². The molecule has 0 radical (unpaired) electrons. The highest BCUT2D eigenvalue weighted by atomic mass is 14.9. The van der Waals surface area contributed by atoms with Gasteiger partial charge in [0.25, 0.3) is 0 Å². The maximum Gasteiger partial charge on any atom is 0.0162 e. The minimum atomic E-state index is 0.343. The van der Waals surface area contributed by atoms with Crippen molar-refractivity contribution in [3.8, 4) is 0 Å². The maximum absolute atomic E-state index is 5.60. The number of nitrogens with one attached hydrogen (secondary N) is 1. The van der Waals surface area contributed by atoms with Crippen LogP contribution in [-0.4, -0.2) is 19.1 Å². The summed E-state index contributed by atoms with van der Waals surface area (Å²) >= 11 is 0. The van der Waals surface area contributed by atoms with Gasteiger partial charge in [-0.15, -0.1) is 0 Å². The fourth-order valence-corrected chi connectivity index (χ4v) is 0.474. The zero-order valence-corrected chi connectivity index (χ0v) is 5.78. The van der Waals surface area contributed by atoms with Gasteiger partial charge < -0.3 is 11.1 Å². The quantitative estimate of drug-likeness (QED) is 0.555. The summed E-state index contributed by atoms with van der Waals surface area (Å²) in [5, 5.41) is 3.17. The van der Waals surface area contributed by atoms with Crippen LogP contribution in [-0.2, 0) is 0 Å². The molecule has 0 saturated carbocycles. The van der Waals surface area contributed by atoms with E-state index >= 15 is 0 Å². The van der Waals surface area contributed by atoms with Gasteiger partial charge >= 0.3 is 0 Å². The highest BCUT2D eigenvalue weighted by Crippen LogP contribution is 1.80. The molecule has 0 aliphatic carbocycles. The molecule has 2 nitrogen and oxygen atoms in total. The Hall–Kier alpha value is -0.0800. The number of hydrogen-bond donors (Lipinski definition) is 2. The van der Waals surface area contributed by atoms with Crippen molar-refractivity contribution in [2.75, 3.05) is 13.1 Å². The molecule has 0 saturated heterocycles. The molecule has 1 atom stereocenters. The Kier molecular flexibility index (Phi) is 5.01. The Labute approximate surface area is 51.5 Å². The topological polar surface area (TPSA) is 38.0 Å². The van der Waals surface area contributed by atoms with Crippen LogP contribution in [0.25, 0.3) is 0 Å². The minimum absolute atomic E-state index is 0.343. The Balaban J connectivity index is 2.86. The van der Waals surface area contributed by atoms with E-state index in [9.17, 15) is 0 Å². The average Bonchev–Trinajstić information content (AvgIpc) is 1.83. The lowest BCUT2D eigenvalue weighted by Crippen LogP contribution is -2.32. The van der Waals surface area contributed by atoms with Crippen LogP contribution in [0.4, 0.5) is 0 Å². The smallest absolute Gasteiger partial charge is 0.0162 e. The Morgan fingerprint density at radius 1 is 1.50 bits per heavy atom. The first-order valence-electron chi connectivity index (χ1n) is 3.27. The van der Waals surface area contributed by atoms with Gasteiger partial charge in [0.1, 0.15) is 0 Å². The highest BCUT2D eigenvalue weighted by molar-refractivity contribution is 4.59. The zero-order chi connectivity index (χ0) is 6.41. The van der Waals surface area contributed by atoms with Crippen molar-refractivity contribution in [2.45, 2.75) is 26.3 Å². The molecule has 1 unspecified atom stereocenters. The average molecular weight is 116 g/mol. The normalized spacial score (nSPS) is 13.9. The van der Waals surface area contributed by atoms with Crippen molar-refractivity contribution >= 4 is 0 Å². The molecular formula is C6H16N2. The van der Waals surface area contributed by atoms with E-state index in [-0.39, 0.29) is 0 Å². The molecule has 2 heteroatoms. The zero-order valence-electron chi connectivity index (χ0n) is 5.78. The van der Waals surface area contributed by atoms with Gasteiger partial charge in [0.2, 0.25) is 0 Å². The Morgan fingerprint density at radius 3 is 2.50 bits per heavy atom. The third-order valence-corrected chi connectivity index (χ3v) is 1.18. The van der Waals surface area contributed by atoms with Gasteiger partial charge in [0.05, 0.1) is 0 Å². The third-order valence-electron chi connectivity index (χ3n) is 1.18. The molecule has 50 valence electrons. The fourth-order valence-electron chi connectivity index (χ4n) is 0.474. The second-order valence-corrected chi connectivity index (χ2v) is 1.98. The molecule has 0 fully saturated rings. The SMILES string of the molecule is CCNCC(N)CC. The summed E-state index contributed by atoms with van der Waals surface area (Å²) in [5.74, 6) is 0. The van der Waals surface area contributed by atoms with Crippen LogP contribution in [0.3, 0.4) is 0 Å². The molecule has 8 heavy (non-hydrogen) atoms. The van der Waals surface area contributed by atoms with Gasteiger partial charge in [-0.25, -0.2) is 0 Å². The van der Waals surface area contributed by atoms with Gasteiger partial charge in [-0.1, -0.05) is 13.8 Å². The van der Waals surface area contributed by atoms with Crippen molar-refractivity contribution in [1.29, 1.82) is 0 Å². The van der Waals surface area contributed by atoms with Crippen LogP contribution in [0.15, 0.2) is 0 Å². The third kappa shape index (κ3) is 4.09. The van der Waals surface area contributed by atoms with E-state index in [1.54, 1.807) is 0 Å². The summed E-state index contributed by atoms with van der Waals surface area (Å²) < 4.78 is 0. The van der Waals surface area contributed by atoms with Crippen molar-refractivity contribution in [2.24, 2.45) is 5.73 Å². The maximum atomic E-state index is 5.60. The Morgan fingerprint density at radius 2 is 2.12 bits per heavy atom. The molecular weight excluding hydrogens is 100 g/mol. The summed E-state index contributed by atoms with van der Waals surface area (Å²) in [6.07, 6.45) is 1.06. The summed E-state index contributed by atoms with van der Waals surface area (Å²) in [7, 11) is 0. The van der Waals surface area contributed by atoms with E-state index in [0.29, 0.717) is 6.04 Å². The number of rotatable bonds is 4. The van der Waals surface area contributed by atoms with Crippen molar-refractivity contribution in [3.63, 3.8) is 0 Å². The van der Waals surface area contributed by atoms with Crippen LogP contribution >= 0.6 is 0 Å². The molecule has 0 spiro atoms. The first kappa shape index (κ1) is 7.92. The molecule has 0 aromatic heterocycles. The lowest BCUT2D eigenvalue weighted by atomic mass is 10.2. The van der Waals surface area contributed by atoms with Crippen LogP contribution in [0, 0.1) is 0 Å². The van der Waals surface area contributed by atoms with Gasteiger partial charge in [-0.2, -0.15) is 0 Å². The minimum Gasteiger partial charge on any atom is -0.327 e. The van der Waals surface area contributed by atoms with Crippen molar-refractivity contribution < 1.29 is 0 Å². The Bertz CT molecular complexity index is 45.8. The van der Waals surface area contributed by atoms with Crippen LogP contribution < -0.4 is 11.1 Å². The first-order chi connectivity index (χ1) is 3.81. The molecule has 0 aliphatic rings. The molecule has 0 amide bonds. The second-order valence-electron chi connectivity index (χ2n) is 1.98. The summed E-state index contributed by atoms with van der Waals surface area (Å²) in [4.78, 5) is 0. The predicted octanol–water partition coefficient (Wildman–Crippen LogP) is 0.333. The fraction of sp³-hybridized carbons (Fsp3) is 1.00. The number of nitrogens with two attached hydrogens (primary N) is 1. The van der Waals surface area contributed by atoms with Gasteiger partial charge in [-0.3, -0.25) is 0 Å². The summed E-state index contributed by atoms with van der Waals surface area (Å²) in [6.45, 7) is 6.16. The monoisotopic (exact) mass is 116 g/mol. The standard InChI is InChI=1S/C6H16N2/c1-3-6(7)5-8-4-2/h6,8H,3-5,7H2,1-2H3. The summed E-state index contributed by atoms with van der Waals surface area (Å²) in [5.41, 5.74) is 5.60. The molecule has 0 aliphatic heterocycles. The van der Waals surface area contributed by atoms with Gasteiger partial charge in [0, 0.05) is 12.6 Å². The predicted molar refractivity (Wildman–Crippen MR) is 36.8 cm³/mol. The molecule has 0 heterocycles. The first-order valence-corrected chi connectivity index (χ1v) is 3.27. The lowest BCUT2D eigenvalue weighted by Gasteiger charge is -2.06. The van der Waals surface area contributed by atoms with Crippen molar-refractivity contribution in [3.05, 3.63) is 0 Å². The van der Waals surface area contributed by atoms with Crippen LogP contribution in [0.5, 0.6) is 0 Å². The number of likely N-dealkylation sites (N-methyl/N-ethyl adjacent to an activating group) is 1. The molecule has 0 bridgehead atoms. The van der Waals surface area contributed by atoms with Gasteiger partial charge in [-0.05, 0) is 13.0 Å². The van der Waals surface area contributed by atoms with Gasteiger partial charge in [0.15, 0.2) is 0 Å². The van der Waals surface area contributed by atoms with E-state index in [2.05, 4.69) is 19.2 Å². The van der Waals surface area contributed by atoms with E-state index in [1.165, 1.54) is 0 Å². The van der Waals surface area contributed by atoms with Crippen molar-refractivity contribution in [1.82, 2.24) is 5.32 Å². The number of hydrogen-bond acceptors (Lipinski definition) is 2. The summed E-state index contributed by atoms with van der Waals surface area (Å²) in [6, 6.07) is 0.343. The largest absolute Gasteiger partial charge is 0.327 e. The highest BCUT2D eigenvalue weighted by Gasteiger charge is 1.93. The molecule has 0 aromatic rings. The van der Waals surface area contributed by atoms with Crippen LogP contribution in [0.1, 0.15) is 20.3 Å². The second kappa shape index (κ2) is 5.06. The molecule has 0 aromatic carbocycles.